The number of benzene rings is 2. The van der Waals surface area contributed by atoms with Crippen molar-refractivity contribution in [3.8, 4) is 28.0 Å². The minimum Gasteiger partial charge on any atom is -0.497 e. The van der Waals surface area contributed by atoms with Crippen LogP contribution in [-0.4, -0.2) is 17.1 Å². The number of methoxy groups -OCH3 is 1. The van der Waals surface area contributed by atoms with E-state index in [2.05, 4.69) is 44.1 Å². The maximum absolute atomic E-state index is 5.91. The fourth-order valence-corrected chi connectivity index (χ4v) is 3.66. The maximum atomic E-state index is 5.91. The molecule has 0 atom stereocenters. The molecule has 4 aromatic rings. The fourth-order valence-electron chi connectivity index (χ4n) is 2.43. The van der Waals surface area contributed by atoms with Gasteiger partial charge < -0.3 is 9.15 Å². The van der Waals surface area contributed by atoms with Gasteiger partial charge in [-0.25, -0.2) is 9.97 Å². The van der Waals surface area contributed by atoms with Gasteiger partial charge in [0.1, 0.15) is 5.75 Å². The second-order valence-electron chi connectivity index (χ2n) is 5.22. The molecule has 0 unspecified atom stereocenters. The van der Waals surface area contributed by atoms with Gasteiger partial charge in [0.15, 0.2) is 10.8 Å². The molecule has 4 nitrogen and oxygen atoms in total. The van der Waals surface area contributed by atoms with Gasteiger partial charge in [0.2, 0.25) is 0 Å². The van der Waals surface area contributed by atoms with Crippen LogP contribution < -0.4 is 4.74 Å². The van der Waals surface area contributed by atoms with E-state index in [1.165, 1.54) is 5.56 Å². The van der Waals surface area contributed by atoms with Crippen LogP contribution in [-0.2, 0) is 5.33 Å². The number of fused-ring (bicyclic) bond motifs is 1. The van der Waals surface area contributed by atoms with Crippen molar-refractivity contribution in [2.24, 2.45) is 0 Å². The first-order valence-electron chi connectivity index (χ1n) is 7.33. The number of rotatable bonds is 4. The number of hydrogen-bond donors (Lipinski definition) is 0. The predicted octanol–water partition coefficient (Wildman–Crippen LogP) is 5.52. The lowest BCUT2D eigenvalue weighted by Gasteiger charge is -2.00. The first-order chi connectivity index (χ1) is 11.8. The topological polar surface area (TPSA) is 48.2 Å². The Morgan fingerprint density at radius 3 is 2.96 bits per heavy atom. The molecule has 2 heterocycles. The van der Waals surface area contributed by atoms with E-state index in [-0.39, 0.29) is 0 Å². The smallest absolute Gasteiger partial charge is 0.256 e. The number of alkyl halides is 1. The van der Waals surface area contributed by atoms with Gasteiger partial charge in [-0.1, -0.05) is 34.1 Å². The average Bonchev–Trinajstić information content (AvgIpc) is 3.27. The Morgan fingerprint density at radius 1 is 1.21 bits per heavy atom. The first-order valence-corrected chi connectivity index (χ1v) is 9.26. The number of oxazole rings is 1. The van der Waals surface area contributed by atoms with Crippen molar-refractivity contribution in [1.82, 2.24) is 9.97 Å². The zero-order valence-corrected chi connectivity index (χ0v) is 15.2. The summed E-state index contributed by atoms with van der Waals surface area (Å²) in [6.45, 7) is 0. The van der Waals surface area contributed by atoms with Gasteiger partial charge in [-0.3, -0.25) is 0 Å². The molecule has 4 rings (SSSR count). The third-order valence-electron chi connectivity index (χ3n) is 3.65. The molecule has 6 heteroatoms. The predicted molar refractivity (Wildman–Crippen MR) is 99.7 cm³/mol. The van der Waals surface area contributed by atoms with E-state index in [0.717, 1.165) is 31.9 Å². The SMILES string of the molecule is COc1cccc(-c2cnc(-c3nc4cc(CBr)ccc4s3)o2)c1. The molecule has 0 aliphatic rings. The van der Waals surface area contributed by atoms with Gasteiger partial charge in [-0.05, 0) is 29.8 Å². The number of thiazole rings is 1. The van der Waals surface area contributed by atoms with Crippen molar-refractivity contribution in [1.29, 1.82) is 0 Å². The number of ether oxygens (including phenoxy) is 1. The summed E-state index contributed by atoms with van der Waals surface area (Å²) in [5.74, 6) is 2.02. The fraction of sp³-hybridized carbons (Fsp3) is 0.111. The molecule has 0 radical (unpaired) electrons. The summed E-state index contributed by atoms with van der Waals surface area (Å²) < 4.78 is 12.3. The molecule has 24 heavy (non-hydrogen) atoms. The van der Waals surface area contributed by atoms with Crippen molar-refractivity contribution in [2.75, 3.05) is 7.11 Å². The van der Waals surface area contributed by atoms with Crippen LogP contribution in [0.2, 0.25) is 0 Å². The number of aromatic nitrogens is 2. The van der Waals surface area contributed by atoms with Gasteiger partial charge in [0, 0.05) is 10.9 Å². The summed E-state index contributed by atoms with van der Waals surface area (Å²) >= 11 is 5.05. The van der Waals surface area contributed by atoms with Crippen LogP contribution in [0.3, 0.4) is 0 Å². The molecule has 2 aromatic carbocycles. The minimum atomic E-state index is 0.536. The third-order valence-corrected chi connectivity index (χ3v) is 5.32. The number of halogens is 1. The Kier molecular flexibility index (Phi) is 4.08. The van der Waals surface area contributed by atoms with Gasteiger partial charge in [0.05, 0.1) is 23.5 Å². The van der Waals surface area contributed by atoms with Crippen LogP contribution in [0.4, 0.5) is 0 Å². The number of nitrogens with zero attached hydrogens (tertiary/aromatic N) is 2. The van der Waals surface area contributed by atoms with E-state index >= 15 is 0 Å². The Bertz CT molecular complexity index is 1010. The minimum absolute atomic E-state index is 0.536. The summed E-state index contributed by atoms with van der Waals surface area (Å²) in [5, 5.41) is 1.60. The van der Waals surface area contributed by atoms with E-state index in [1.54, 1.807) is 24.6 Å². The molecule has 0 saturated heterocycles. The Labute approximate surface area is 151 Å². The molecule has 0 fully saturated rings. The Balaban J connectivity index is 1.71. The molecular weight excluding hydrogens is 388 g/mol. The molecule has 2 aromatic heterocycles. The number of hydrogen-bond acceptors (Lipinski definition) is 5. The third kappa shape index (κ3) is 2.83. The summed E-state index contributed by atoms with van der Waals surface area (Å²) in [4.78, 5) is 9.04. The Hall–Kier alpha value is -2.18. The van der Waals surface area contributed by atoms with Crippen molar-refractivity contribution in [3.05, 3.63) is 54.2 Å². The maximum Gasteiger partial charge on any atom is 0.256 e. The van der Waals surface area contributed by atoms with E-state index in [1.807, 2.05) is 24.3 Å². The summed E-state index contributed by atoms with van der Waals surface area (Å²) in [5.41, 5.74) is 3.09. The summed E-state index contributed by atoms with van der Waals surface area (Å²) in [7, 11) is 1.65. The molecule has 0 bridgehead atoms. The van der Waals surface area contributed by atoms with Gasteiger partial charge in [0.25, 0.3) is 5.89 Å². The standard InChI is InChI=1S/C18H13BrN2O2S/c1-22-13-4-2-3-12(8-13)15-10-20-17(23-15)18-21-14-7-11(9-19)5-6-16(14)24-18/h2-8,10H,9H2,1H3. The average molecular weight is 401 g/mol. The molecular formula is C18H13BrN2O2S. The molecule has 0 N–H and O–H groups in total. The second-order valence-corrected chi connectivity index (χ2v) is 6.81. The van der Waals surface area contributed by atoms with E-state index < -0.39 is 0 Å². The van der Waals surface area contributed by atoms with E-state index in [0.29, 0.717) is 11.7 Å². The summed E-state index contributed by atoms with van der Waals surface area (Å²) in [6, 6.07) is 14.0. The van der Waals surface area contributed by atoms with Crippen LogP contribution >= 0.6 is 27.3 Å². The highest BCUT2D eigenvalue weighted by atomic mass is 79.9. The van der Waals surface area contributed by atoms with Gasteiger partial charge >= 0.3 is 0 Å². The van der Waals surface area contributed by atoms with Crippen molar-refractivity contribution in [3.63, 3.8) is 0 Å². The molecule has 0 aliphatic heterocycles. The van der Waals surface area contributed by atoms with Crippen LogP contribution in [0.5, 0.6) is 5.75 Å². The van der Waals surface area contributed by atoms with E-state index in [4.69, 9.17) is 9.15 Å². The zero-order valence-electron chi connectivity index (χ0n) is 12.8. The quantitative estimate of drug-likeness (QED) is 0.423. The van der Waals surface area contributed by atoms with Crippen molar-refractivity contribution < 1.29 is 9.15 Å². The second kappa shape index (κ2) is 6.37. The Morgan fingerprint density at radius 2 is 2.12 bits per heavy atom. The zero-order chi connectivity index (χ0) is 16.5. The highest BCUT2D eigenvalue weighted by Crippen LogP contribution is 2.33. The highest BCUT2D eigenvalue weighted by Gasteiger charge is 2.14. The lowest BCUT2D eigenvalue weighted by atomic mass is 10.2. The monoisotopic (exact) mass is 400 g/mol. The lowest BCUT2D eigenvalue weighted by Crippen LogP contribution is -1.82. The van der Waals surface area contributed by atoms with Crippen LogP contribution in [0, 0.1) is 0 Å². The summed E-state index contributed by atoms with van der Waals surface area (Å²) in [6.07, 6.45) is 1.72. The first kappa shape index (κ1) is 15.4. The van der Waals surface area contributed by atoms with Crippen LogP contribution in [0.15, 0.2) is 53.1 Å². The lowest BCUT2D eigenvalue weighted by molar-refractivity contribution is 0.415. The van der Waals surface area contributed by atoms with E-state index in [9.17, 15) is 0 Å². The molecule has 0 aliphatic carbocycles. The molecule has 120 valence electrons. The van der Waals surface area contributed by atoms with Gasteiger partial charge in [-0.2, -0.15) is 0 Å². The van der Waals surface area contributed by atoms with Crippen LogP contribution in [0.25, 0.3) is 32.4 Å². The van der Waals surface area contributed by atoms with Crippen molar-refractivity contribution in [2.45, 2.75) is 5.33 Å². The van der Waals surface area contributed by atoms with Crippen LogP contribution in [0.1, 0.15) is 5.56 Å². The molecule has 0 spiro atoms. The largest absolute Gasteiger partial charge is 0.497 e. The van der Waals surface area contributed by atoms with Crippen molar-refractivity contribution >= 4 is 37.5 Å². The normalized spacial score (nSPS) is 11.1. The molecule has 0 saturated carbocycles. The van der Waals surface area contributed by atoms with Gasteiger partial charge in [-0.15, -0.1) is 11.3 Å². The highest BCUT2D eigenvalue weighted by molar-refractivity contribution is 9.08. The molecule has 0 amide bonds.